The van der Waals surface area contributed by atoms with Crippen LogP contribution in [0.25, 0.3) is 10.8 Å². The summed E-state index contributed by atoms with van der Waals surface area (Å²) in [7, 11) is 0. The van der Waals surface area contributed by atoms with Crippen LogP contribution in [0.5, 0.6) is 0 Å². The van der Waals surface area contributed by atoms with Gasteiger partial charge >= 0.3 is 5.97 Å². The maximum absolute atomic E-state index is 11.3. The average molecular weight is 285 g/mol. The van der Waals surface area contributed by atoms with Crippen molar-refractivity contribution in [2.45, 2.75) is 25.4 Å². The van der Waals surface area contributed by atoms with Gasteiger partial charge in [0.2, 0.25) is 0 Å². The van der Waals surface area contributed by atoms with Gasteiger partial charge < -0.3 is 15.2 Å². The number of nitrogens with one attached hydrogen (secondary N) is 1. The number of fused-ring (bicyclic) bond motifs is 1. The highest BCUT2D eigenvalue weighted by Crippen LogP contribution is 2.27. The van der Waals surface area contributed by atoms with Crippen molar-refractivity contribution in [1.29, 1.82) is 0 Å². The average Bonchev–Trinajstić information content (AvgIpc) is 3.00. The second-order valence-electron chi connectivity index (χ2n) is 5.36. The molecule has 1 heterocycles. The first-order chi connectivity index (χ1) is 10.3. The molecule has 21 heavy (non-hydrogen) atoms. The summed E-state index contributed by atoms with van der Waals surface area (Å²) in [4.78, 5) is 11.3. The molecule has 0 radical (unpaired) electrons. The molecule has 1 atom stereocenters. The third kappa shape index (κ3) is 3.00. The maximum Gasteiger partial charge on any atom is 0.336 e. The molecule has 0 aromatic heterocycles. The van der Waals surface area contributed by atoms with E-state index in [0.717, 1.165) is 48.9 Å². The summed E-state index contributed by atoms with van der Waals surface area (Å²) in [5, 5.41) is 14.4. The van der Waals surface area contributed by atoms with Crippen LogP contribution in [0.1, 0.15) is 29.6 Å². The van der Waals surface area contributed by atoms with Crippen LogP contribution in [0.2, 0.25) is 0 Å². The maximum atomic E-state index is 11.3. The van der Waals surface area contributed by atoms with Gasteiger partial charge in [-0.1, -0.05) is 24.3 Å². The van der Waals surface area contributed by atoms with E-state index in [4.69, 9.17) is 4.74 Å². The van der Waals surface area contributed by atoms with Gasteiger partial charge in [-0.05, 0) is 36.8 Å². The van der Waals surface area contributed by atoms with Crippen LogP contribution in [0.4, 0.5) is 5.69 Å². The monoisotopic (exact) mass is 285 g/mol. The molecule has 2 N–H and O–H groups in total. The number of rotatable bonds is 5. The van der Waals surface area contributed by atoms with Gasteiger partial charge in [0, 0.05) is 24.2 Å². The van der Waals surface area contributed by atoms with Crippen LogP contribution >= 0.6 is 0 Å². The number of carboxylic acid groups (broad SMARTS) is 1. The molecular formula is C17H19NO3. The molecule has 2 aromatic rings. The topological polar surface area (TPSA) is 58.6 Å². The number of hydrogen-bond acceptors (Lipinski definition) is 3. The predicted molar refractivity (Wildman–Crippen MR) is 83.0 cm³/mol. The number of ether oxygens (including phenoxy) is 1. The van der Waals surface area contributed by atoms with Gasteiger partial charge in [-0.25, -0.2) is 4.79 Å². The standard InChI is InChI=1S/C17H19NO3/c19-17(20)15-7-8-16(14-6-2-1-5-13(14)15)18-10-9-12-4-3-11-21-12/h1-2,5-8,12,18H,3-4,9-11H2,(H,19,20). The summed E-state index contributed by atoms with van der Waals surface area (Å²) in [6, 6.07) is 11.1. The minimum atomic E-state index is -0.892. The van der Waals surface area contributed by atoms with E-state index in [1.54, 1.807) is 6.07 Å². The van der Waals surface area contributed by atoms with Crippen molar-refractivity contribution < 1.29 is 14.6 Å². The van der Waals surface area contributed by atoms with Crippen LogP contribution in [-0.2, 0) is 4.74 Å². The van der Waals surface area contributed by atoms with Gasteiger partial charge in [-0.3, -0.25) is 0 Å². The lowest BCUT2D eigenvalue weighted by atomic mass is 10.0. The third-order valence-electron chi connectivity index (χ3n) is 3.96. The molecule has 1 aliphatic heterocycles. The fourth-order valence-corrected chi connectivity index (χ4v) is 2.88. The zero-order valence-electron chi connectivity index (χ0n) is 11.8. The number of carbonyl (C=O) groups is 1. The van der Waals surface area contributed by atoms with Gasteiger partial charge in [0.25, 0.3) is 0 Å². The molecule has 3 rings (SSSR count). The van der Waals surface area contributed by atoms with Gasteiger partial charge in [0.1, 0.15) is 0 Å². The largest absolute Gasteiger partial charge is 0.478 e. The van der Waals surface area contributed by atoms with Crippen LogP contribution in [0.3, 0.4) is 0 Å². The highest BCUT2D eigenvalue weighted by atomic mass is 16.5. The van der Waals surface area contributed by atoms with Crippen LogP contribution in [0, 0.1) is 0 Å². The van der Waals surface area contributed by atoms with E-state index in [-0.39, 0.29) is 0 Å². The molecule has 0 saturated carbocycles. The Balaban J connectivity index is 1.79. The Labute approximate surface area is 123 Å². The lowest BCUT2D eigenvalue weighted by Gasteiger charge is -2.13. The number of hydrogen-bond donors (Lipinski definition) is 2. The Morgan fingerprint density at radius 1 is 1.24 bits per heavy atom. The van der Waals surface area contributed by atoms with Crippen LogP contribution < -0.4 is 5.32 Å². The molecule has 2 aromatic carbocycles. The van der Waals surface area contributed by atoms with E-state index in [1.165, 1.54) is 0 Å². The molecule has 0 spiro atoms. The Morgan fingerprint density at radius 3 is 2.76 bits per heavy atom. The summed E-state index contributed by atoms with van der Waals surface area (Å²) < 4.78 is 5.61. The zero-order valence-corrected chi connectivity index (χ0v) is 11.8. The van der Waals surface area contributed by atoms with Crippen molar-refractivity contribution in [3.05, 3.63) is 42.0 Å². The van der Waals surface area contributed by atoms with E-state index < -0.39 is 5.97 Å². The van der Waals surface area contributed by atoms with Crippen molar-refractivity contribution in [3.8, 4) is 0 Å². The van der Waals surface area contributed by atoms with Gasteiger partial charge in [0.15, 0.2) is 0 Å². The second-order valence-corrected chi connectivity index (χ2v) is 5.36. The number of benzene rings is 2. The molecular weight excluding hydrogens is 266 g/mol. The molecule has 4 heteroatoms. The molecule has 1 fully saturated rings. The lowest BCUT2D eigenvalue weighted by Crippen LogP contribution is -2.12. The van der Waals surface area contributed by atoms with E-state index >= 15 is 0 Å². The third-order valence-corrected chi connectivity index (χ3v) is 3.96. The first-order valence-corrected chi connectivity index (χ1v) is 7.36. The molecule has 110 valence electrons. The second kappa shape index (κ2) is 6.14. The predicted octanol–water partition coefficient (Wildman–Crippen LogP) is 3.52. The SMILES string of the molecule is O=C(O)c1ccc(NCCC2CCCO2)c2ccccc12. The fraction of sp³-hybridized carbons (Fsp3) is 0.353. The van der Waals surface area contributed by atoms with Gasteiger partial charge in [-0.15, -0.1) is 0 Å². The van der Waals surface area contributed by atoms with Crippen LogP contribution in [-0.4, -0.2) is 30.3 Å². The number of aromatic carboxylic acids is 1. The van der Waals surface area contributed by atoms with Crippen molar-refractivity contribution in [2.24, 2.45) is 0 Å². The van der Waals surface area contributed by atoms with Gasteiger partial charge in [0.05, 0.1) is 11.7 Å². The van der Waals surface area contributed by atoms with E-state index in [9.17, 15) is 9.90 Å². The molecule has 4 nitrogen and oxygen atoms in total. The minimum absolute atomic E-state index is 0.343. The normalized spacial score (nSPS) is 18.0. The molecule has 1 unspecified atom stereocenters. The lowest BCUT2D eigenvalue weighted by molar-refractivity contribution is 0.0699. The number of anilines is 1. The summed E-state index contributed by atoms with van der Waals surface area (Å²) >= 11 is 0. The minimum Gasteiger partial charge on any atom is -0.478 e. The molecule has 0 aliphatic carbocycles. The Kier molecular flexibility index (Phi) is 4.06. The Bertz CT molecular complexity index is 648. The quantitative estimate of drug-likeness (QED) is 0.882. The summed E-state index contributed by atoms with van der Waals surface area (Å²) in [5.41, 5.74) is 1.32. The molecule has 0 bridgehead atoms. The molecule has 1 aliphatic rings. The summed E-state index contributed by atoms with van der Waals surface area (Å²) in [6.45, 7) is 1.71. The van der Waals surface area contributed by atoms with E-state index in [1.807, 2.05) is 30.3 Å². The molecule has 0 amide bonds. The van der Waals surface area contributed by atoms with Crippen molar-refractivity contribution >= 4 is 22.4 Å². The summed E-state index contributed by atoms with van der Waals surface area (Å²) in [6.07, 6.45) is 3.64. The van der Waals surface area contributed by atoms with Crippen molar-refractivity contribution in [1.82, 2.24) is 0 Å². The number of carboxylic acids is 1. The Morgan fingerprint density at radius 2 is 2.05 bits per heavy atom. The van der Waals surface area contributed by atoms with E-state index in [2.05, 4.69) is 5.32 Å². The first kappa shape index (κ1) is 13.9. The van der Waals surface area contributed by atoms with Crippen LogP contribution in [0.15, 0.2) is 36.4 Å². The fourth-order valence-electron chi connectivity index (χ4n) is 2.88. The highest BCUT2D eigenvalue weighted by Gasteiger charge is 2.15. The van der Waals surface area contributed by atoms with Gasteiger partial charge in [-0.2, -0.15) is 0 Å². The molecule has 1 saturated heterocycles. The van der Waals surface area contributed by atoms with Crippen molar-refractivity contribution in [2.75, 3.05) is 18.5 Å². The Hall–Kier alpha value is -2.07. The zero-order chi connectivity index (χ0) is 14.7. The smallest absolute Gasteiger partial charge is 0.336 e. The van der Waals surface area contributed by atoms with Crippen molar-refractivity contribution in [3.63, 3.8) is 0 Å². The first-order valence-electron chi connectivity index (χ1n) is 7.36. The summed E-state index contributed by atoms with van der Waals surface area (Å²) in [5.74, 6) is -0.892. The highest BCUT2D eigenvalue weighted by molar-refractivity contribution is 6.07. The van der Waals surface area contributed by atoms with E-state index in [0.29, 0.717) is 11.7 Å².